The molecule has 198 valence electrons. The zero-order valence-corrected chi connectivity index (χ0v) is 23.4. The highest BCUT2D eigenvalue weighted by Gasteiger charge is 2.22. The van der Waals surface area contributed by atoms with E-state index < -0.39 is 0 Å². The van der Waals surface area contributed by atoms with Gasteiger partial charge in [-0.2, -0.15) is 0 Å². The molecule has 0 saturated carbocycles. The lowest BCUT2D eigenvalue weighted by atomic mass is 9.98. The van der Waals surface area contributed by atoms with Crippen molar-refractivity contribution in [1.82, 2.24) is 5.32 Å². The standard InChI is InChI=1S/C30H37NO4S2/c1-3-5-6-7-8-9-10-12-25(32)23-17-18-26(24(11-4-2)28(23)33)35-20-22-15-13-21(14-16-22)19-27-29(34)31-30(36)37-27/h13-19,33H,3-12,20H2,1-2H3,(H,31,34,36)/b27-19-. The van der Waals surface area contributed by atoms with Gasteiger partial charge in [0.15, 0.2) is 5.78 Å². The van der Waals surface area contributed by atoms with Crippen LogP contribution >= 0.6 is 24.0 Å². The average Bonchev–Trinajstić information content (AvgIpc) is 3.20. The quantitative estimate of drug-likeness (QED) is 0.104. The first-order valence-electron chi connectivity index (χ1n) is 13.3. The smallest absolute Gasteiger partial charge is 0.263 e. The van der Waals surface area contributed by atoms with Crippen molar-refractivity contribution in [3.05, 3.63) is 63.6 Å². The summed E-state index contributed by atoms with van der Waals surface area (Å²) in [7, 11) is 0. The molecule has 0 aliphatic carbocycles. The number of thiocarbonyl (C=S) groups is 1. The van der Waals surface area contributed by atoms with Crippen molar-refractivity contribution in [2.75, 3.05) is 0 Å². The van der Waals surface area contributed by atoms with Crippen molar-refractivity contribution >= 4 is 46.1 Å². The fourth-order valence-corrected chi connectivity index (χ4v) is 5.33. The van der Waals surface area contributed by atoms with E-state index in [4.69, 9.17) is 17.0 Å². The topological polar surface area (TPSA) is 75.6 Å². The summed E-state index contributed by atoms with van der Waals surface area (Å²) in [6.45, 7) is 4.58. The number of Topliss-reactive ketones (excluding diaryl/α,β-unsaturated/α-hetero) is 1. The maximum absolute atomic E-state index is 12.8. The van der Waals surface area contributed by atoms with Gasteiger partial charge in [0.2, 0.25) is 0 Å². The van der Waals surface area contributed by atoms with Crippen molar-refractivity contribution < 1.29 is 19.4 Å². The predicted molar refractivity (Wildman–Crippen MR) is 156 cm³/mol. The van der Waals surface area contributed by atoms with Gasteiger partial charge >= 0.3 is 0 Å². The Morgan fingerprint density at radius 1 is 1.00 bits per heavy atom. The van der Waals surface area contributed by atoms with Crippen LogP contribution in [-0.2, 0) is 17.8 Å². The predicted octanol–water partition coefficient (Wildman–Crippen LogP) is 7.74. The van der Waals surface area contributed by atoms with Crippen molar-refractivity contribution in [3.63, 3.8) is 0 Å². The summed E-state index contributed by atoms with van der Waals surface area (Å²) < 4.78 is 6.54. The molecule has 0 bridgehead atoms. The van der Waals surface area contributed by atoms with Gasteiger partial charge in [-0.05, 0) is 42.2 Å². The van der Waals surface area contributed by atoms with Gasteiger partial charge < -0.3 is 15.2 Å². The van der Waals surface area contributed by atoms with Crippen molar-refractivity contribution in [2.24, 2.45) is 0 Å². The Hall–Kier alpha value is -2.64. The Bertz CT molecular complexity index is 1130. The molecule has 1 aliphatic rings. The van der Waals surface area contributed by atoms with Crippen molar-refractivity contribution in [2.45, 2.75) is 84.7 Å². The number of carbonyl (C=O) groups excluding carboxylic acids is 2. The van der Waals surface area contributed by atoms with Crippen LogP contribution in [0.4, 0.5) is 0 Å². The fourth-order valence-electron chi connectivity index (χ4n) is 4.29. The van der Waals surface area contributed by atoms with Crippen LogP contribution in [0.1, 0.15) is 98.7 Å². The van der Waals surface area contributed by atoms with Crippen LogP contribution in [0.5, 0.6) is 11.5 Å². The van der Waals surface area contributed by atoms with Crippen molar-refractivity contribution in [3.8, 4) is 11.5 Å². The van der Waals surface area contributed by atoms with Gasteiger partial charge in [0.25, 0.3) is 5.91 Å². The molecule has 0 atom stereocenters. The zero-order chi connectivity index (χ0) is 26.6. The highest BCUT2D eigenvalue weighted by atomic mass is 32.2. The summed E-state index contributed by atoms with van der Waals surface area (Å²) in [6.07, 6.45) is 11.8. The molecule has 1 amide bonds. The third-order valence-corrected chi connectivity index (χ3v) is 7.52. The molecular weight excluding hydrogens is 502 g/mol. The molecule has 37 heavy (non-hydrogen) atoms. The van der Waals surface area contributed by atoms with Gasteiger partial charge in [-0.1, -0.05) is 107 Å². The SMILES string of the molecule is CCCCCCCCCC(=O)c1ccc(OCc2ccc(/C=C3\SC(=S)NC3=O)cc2)c(CCC)c1O. The number of hydrogen-bond acceptors (Lipinski definition) is 6. The van der Waals surface area contributed by atoms with Crippen LogP contribution in [0, 0.1) is 0 Å². The Balaban J connectivity index is 1.59. The van der Waals surface area contributed by atoms with Crippen LogP contribution in [-0.4, -0.2) is 21.1 Å². The minimum absolute atomic E-state index is 0.00506. The molecule has 0 radical (unpaired) electrons. The second-order valence-corrected chi connectivity index (χ2v) is 11.1. The van der Waals surface area contributed by atoms with Crippen LogP contribution in [0.25, 0.3) is 6.08 Å². The van der Waals surface area contributed by atoms with Gasteiger partial charge in [-0.15, -0.1) is 0 Å². The lowest BCUT2D eigenvalue weighted by Gasteiger charge is -2.15. The first-order chi connectivity index (χ1) is 17.9. The van der Waals surface area contributed by atoms with E-state index in [-0.39, 0.29) is 17.4 Å². The van der Waals surface area contributed by atoms with Gasteiger partial charge in [0.05, 0.1) is 10.5 Å². The molecule has 1 heterocycles. The van der Waals surface area contributed by atoms with Crippen molar-refractivity contribution in [1.29, 1.82) is 0 Å². The molecule has 0 aromatic heterocycles. The number of rotatable bonds is 15. The van der Waals surface area contributed by atoms with E-state index in [1.54, 1.807) is 12.1 Å². The highest BCUT2D eigenvalue weighted by Crippen LogP contribution is 2.34. The van der Waals surface area contributed by atoms with E-state index in [0.29, 0.717) is 45.6 Å². The van der Waals surface area contributed by atoms with Gasteiger partial charge in [-0.3, -0.25) is 9.59 Å². The molecule has 7 heteroatoms. The molecule has 0 unspecified atom stereocenters. The maximum Gasteiger partial charge on any atom is 0.263 e. The van der Waals surface area contributed by atoms with E-state index in [9.17, 15) is 14.7 Å². The summed E-state index contributed by atoms with van der Waals surface area (Å²) in [5.74, 6) is 0.481. The van der Waals surface area contributed by atoms with Crippen LogP contribution in [0.3, 0.4) is 0 Å². The summed E-state index contributed by atoms with van der Waals surface area (Å²) in [5.41, 5.74) is 2.95. The molecule has 1 saturated heterocycles. The Morgan fingerprint density at radius 3 is 2.35 bits per heavy atom. The number of unbranched alkanes of at least 4 members (excludes halogenated alkanes) is 6. The number of phenols is 1. The third-order valence-electron chi connectivity index (χ3n) is 6.36. The summed E-state index contributed by atoms with van der Waals surface area (Å²) in [6, 6.07) is 11.2. The normalized spacial score (nSPS) is 14.3. The first kappa shape index (κ1) is 28.9. The number of carbonyl (C=O) groups is 2. The third kappa shape index (κ3) is 8.71. The van der Waals surface area contributed by atoms with Gasteiger partial charge in [-0.25, -0.2) is 0 Å². The zero-order valence-electron chi connectivity index (χ0n) is 21.8. The maximum atomic E-state index is 12.8. The Morgan fingerprint density at radius 2 is 1.70 bits per heavy atom. The Kier molecular flexibility index (Phi) is 11.7. The first-order valence-corrected chi connectivity index (χ1v) is 14.5. The number of ketones is 1. The average molecular weight is 540 g/mol. The lowest BCUT2D eigenvalue weighted by molar-refractivity contribution is -0.115. The highest BCUT2D eigenvalue weighted by molar-refractivity contribution is 8.26. The van der Waals surface area contributed by atoms with E-state index in [0.717, 1.165) is 36.8 Å². The second kappa shape index (κ2) is 14.9. The molecule has 3 rings (SSSR count). The molecule has 1 fully saturated rings. The lowest BCUT2D eigenvalue weighted by Crippen LogP contribution is -2.17. The van der Waals surface area contributed by atoms with Gasteiger partial charge in [0.1, 0.15) is 22.4 Å². The number of amides is 1. The summed E-state index contributed by atoms with van der Waals surface area (Å²) in [4.78, 5) is 25.2. The van der Waals surface area contributed by atoms with Crippen LogP contribution in [0.15, 0.2) is 41.3 Å². The number of benzene rings is 2. The van der Waals surface area contributed by atoms with Gasteiger partial charge in [0, 0.05) is 12.0 Å². The fraction of sp³-hybridized carbons (Fsp3) is 0.433. The molecular formula is C30H37NO4S2. The molecule has 0 spiro atoms. The monoisotopic (exact) mass is 539 g/mol. The summed E-state index contributed by atoms with van der Waals surface area (Å²) in [5, 5.41) is 13.5. The van der Waals surface area contributed by atoms with E-state index in [1.165, 1.54) is 37.4 Å². The Labute approximate surface area is 230 Å². The molecule has 2 N–H and O–H groups in total. The summed E-state index contributed by atoms with van der Waals surface area (Å²) >= 11 is 6.29. The number of ether oxygens (including phenoxy) is 1. The van der Waals surface area contributed by atoms with E-state index in [2.05, 4.69) is 12.2 Å². The number of phenolic OH excluding ortho intramolecular Hbond substituents is 1. The minimum atomic E-state index is -0.171. The number of hydrogen-bond donors (Lipinski definition) is 2. The van der Waals surface area contributed by atoms with Crippen LogP contribution in [0.2, 0.25) is 0 Å². The molecule has 2 aromatic carbocycles. The number of aromatic hydroxyl groups is 1. The number of nitrogens with one attached hydrogen (secondary N) is 1. The second-order valence-electron chi connectivity index (χ2n) is 9.37. The molecule has 1 aliphatic heterocycles. The largest absolute Gasteiger partial charge is 0.507 e. The minimum Gasteiger partial charge on any atom is -0.507 e. The van der Waals surface area contributed by atoms with E-state index in [1.807, 2.05) is 37.3 Å². The number of thioether (sulfide) groups is 1. The van der Waals surface area contributed by atoms with Crippen LogP contribution < -0.4 is 10.1 Å². The molecule has 2 aromatic rings. The van der Waals surface area contributed by atoms with E-state index >= 15 is 0 Å². The molecule has 5 nitrogen and oxygen atoms in total.